The van der Waals surface area contributed by atoms with Crippen LogP contribution in [0, 0.1) is 41.4 Å². The van der Waals surface area contributed by atoms with Crippen LogP contribution in [-0.2, 0) is 19.1 Å². The van der Waals surface area contributed by atoms with Crippen LogP contribution in [0.5, 0.6) is 0 Å². The number of ketones is 2. The van der Waals surface area contributed by atoms with Crippen LogP contribution in [0.15, 0.2) is 12.2 Å². The van der Waals surface area contributed by atoms with Gasteiger partial charge in [-0.1, -0.05) is 19.1 Å². The smallest absolute Gasteiger partial charge is 0.306 e. The summed E-state index contributed by atoms with van der Waals surface area (Å²) in [5.41, 5.74) is 0. The minimum atomic E-state index is -0.191. The van der Waals surface area contributed by atoms with E-state index >= 15 is 0 Å². The number of hydrogen-bond donors (Lipinski definition) is 0. The Labute approximate surface area is 123 Å². The van der Waals surface area contributed by atoms with Crippen molar-refractivity contribution >= 4 is 17.5 Å². The Bertz CT molecular complexity index is 549. The second kappa shape index (κ2) is 4.52. The van der Waals surface area contributed by atoms with Crippen LogP contribution < -0.4 is 0 Å². The lowest BCUT2D eigenvalue weighted by Gasteiger charge is -2.33. The minimum absolute atomic E-state index is 0.00729. The maximum Gasteiger partial charge on any atom is 0.306 e. The van der Waals surface area contributed by atoms with E-state index in [1.807, 2.05) is 19.1 Å². The van der Waals surface area contributed by atoms with Crippen LogP contribution in [-0.4, -0.2) is 24.1 Å². The van der Waals surface area contributed by atoms with Crippen LogP contribution in [0.3, 0.4) is 0 Å². The average molecular weight is 288 g/mol. The lowest BCUT2D eigenvalue weighted by Crippen LogP contribution is -2.32. The molecule has 0 heterocycles. The SMILES string of the molecule is CCCOC(=O)CC1CC2C(=O)C1C1C3C=CC(C3=O)C21. The Balaban J connectivity index is 1.52. The molecule has 0 aliphatic heterocycles. The lowest BCUT2D eigenvalue weighted by atomic mass is 9.69. The molecule has 0 saturated heterocycles. The molecule has 0 spiro atoms. The Morgan fingerprint density at radius 1 is 1.19 bits per heavy atom. The van der Waals surface area contributed by atoms with Crippen LogP contribution in [0.25, 0.3) is 0 Å². The monoisotopic (exact) mass is 288 g/mol. The van der Waals surface area contributed by atoms with E-state index in [1.54, 1.807) is 0 Å². The molecular weight excluding hydrogens is 268 g/mol. The average Bonchev–Trinajstić information content (AvgIpc) is 3.14. The number of hydrogen-bond acceptors (Lipinski definition) is 4. The van der Waals surface area contributed by atoms with Gasteiger partial charge in [-0.2, -0.15) is 0 Å². The van der Waals surface area contributed by atoms with Crippen LogP contribution in [0.2, 0.25) is 0 Å². The number of esters is 1. The fourth-order valence-corrected chi connectivity index (χ4v) is 5.37. The van der Waals surface area contributed by atoms with Gasteiger partial charge in [-0.25, -0.2) is 0 Å². The summed E-state index contributed by atoms with van der Waals surface area (Å²) in [6.45, 7) is 2.41. The lowest BCUT2D eigenvalue weighted by molar-refractivity contribution is -0.145. The fraction of sp³-hybridized carbons (Fsp3) is 0.706. The van der Waals surface area contributed by atoms with Gasteiger partial charge in [0.1, 0.15) is 11.6 Å². The van der Waals surface area contributed by atoms with Gasteiger partial charge >= 0.3 is 5.97 Å². The number of allylic oxidation sites excluding steroid dienone is 2. The van der Waals surface area contributed by atoms with Crippen molar-refractivity contribution in [2.24, 2.45) is 41.4 Å². The first-order valence-electron chi connectivity index (χ1n) is 8.05. The van der Waals surface area contributed by atoms with Crippen LogP contribution >= 0.6 is 0 Å². The summed E-state index contributed by atoms with van der Waals surface area (Å²) in [5.74, 6) is 0.755. The highest BCUT2D eigenvalue weighted by atomic mass is 16.5. The summed E-state index contributed by atoms with van der Waals surface area (Å²) >= 11 is 0. The highest BCUT2D eigenvalue weighted by Crippen LogP contribution is 2.64. The molecule has 4 bridgehead atoms. The van der Waals surface area contributed by atoms with E-state index in [9.17, 15) is 14.4 Å². The van der Waals surface area contributed by atoms with E-state index in [1.165, 1.54) is 0 Å². The van der Waals surface area contributed by atoms with Crippen molar-refractivity contribution in [3.05, 3.63) is 12.2 Å². The molecule has 4 aliphatic carbocycles. The van der Waals surface area contributed by atoms with Gasteiger partial charge in [0.15, 0.2) is 0 Å². The van der Waals surface area contributed by atoms with E-state index in [4.69, 9.17) is 4.74 Å². The molecule has 3 saturated carbocycles. The summed E-state index contributed by atoms with van der Waals surface area (Å²) in [6, 6.07) is 0. The zero-order valence-electron chi connectivity index (χ0n) is 12.2. The molecule has 0 radical (unpaired) electrons. The molecule has 7 unspecified atom stereocenters. The van der Waals surface area contributed by atoms with Crippen molar-refractivity contribution in [3.63, 3.8) is 0 Å². The predicted octanol–water partition coefficient (Wildman–Crippen LogP) is 1.78. The summed E-state index contributed by atoms with van der Waals surface area (Å²) in [7, 11) is 0. The van der Waals surface area contributed by atoms with Crippen LogP contribution in [0.4, 0.5) is 0 Å². The molecule has 4 heteroatoms. The van der Waals surface area contributed by atoms with Gasteiger partial charge in [0.2, 0.25) is 0 Å². The molecular formula is C17H20O4. The number of Topliss-reactive ketones (excluding diaryl/α,β-unsaturated/α-hetero) is 2. The zero-order valence-corrected chi connectivity index (χ0v) is 12.2. The van der Waals surface area contributed by atoms with Gasteiger partial charge < -0.3 is 4.74 Å². The van der Waals surface area contributed by atoms with Crippen molar-refractivity contribution in [1.82, 2.24) is 0 Å². The van der Waals surface area contributed by atoms with E-state index < -0.39 is 0 Å². The Hall–Kier alpha value is -1.45. The maximum absolute atomic E-state index is 12.5. The Morgan fingerprint density at radius 3 is 2.62 bits per heavy atom. The van der Waals surface area contributed by atoms with E-state index in [2.05, 4.69) is 0 Å². The van der Waals surface area contributed by atoms with Gasteiger partial charge in [-0.3, -0.25) is 14.4 Å². The molecule has 0 amide bonds. The number of carbonyl (C=O) groups is 3. The van der Waals surface area contributed by atoms with Gasteiger partial charge in [0.05, 0.1) is 6.61 Å². The van der Waals surface area contributed by atoms with Crippen molar-refractivity contribution in [2.45, 2.75) is 26.2 Å². The van der Waals surface area contributed by atoms with Gasteiger partial charge in [-0.05, 0) is 30.6 Å². The van der Waals surface area contributed by atoms with Gasteiger partial charge in [0, 0.05) is 30.1 Å². The van der Waals surface area contributed by atoms with Crippen molar-refractivity contribution < 1.29 is 19.1 Å². The topological polar surface area (TPSA) is 60.4 Å². The minimum Gasteiger partial charge on any atom is -0.466 e. The molecule has 0 N–H and O–H groups in total. The number of rotatable bonds is 4. The van der Waals surface area contributed by atoms with Gasteiger partial charge in [0.25, 0.3) is 0 Å². The number of fused-ring (bicyclic) bond motifs is 9. The zero-order chi connectivity index (χ0) is 14.7. The molecule has 0 aromatic rings. The fourth-order valence-electron chi connectivity index (χ4n) is 5.37. The molecule has 4 rings (SSSR count). The Morgan fingerprint density at radius 2 is 1.90 bits per heavy atom. The van der Waals surface area contributed by atoms with Crippen molar-refractivity contribution in [3.8, 4) is 0 Å². The van der Waals surface area contributed by atoms with E-state index in [0.717, 1.165) is 12.8 Å². The summed E-state index contributed by atoms with van der Waals surface area (Å²) < 4.78 is 5.16. The predicted molar refractivity (Wildman–Crippen MR) is 74.1 cm³/mol. The third-order valence-corrected chi connectivity index (χ3v) is 5.99. The normalized spacial score (nSPS) is 45.5. The largest absolute Gasteiger partial charge is 0.466 e. The number of ether oxygens (including phenoxy) is 1. The first kappa shape index (κ1) is 13.2. The standard InChI is InChI=1S/C17H20O4/c1-2-5-21-12(18)7-8-6-11-14-9-3-4-10(16(9)19)15(14)13(8)17(11)20/h3-4,8-11,13-15H,2,5-7H2,1H3. The molecule has 0 aromatic carbocycles. The second-order valence-electron chi connectivity index (χ2n) is 6.95. The molecule has 7 atom stereocenters. The van der Waals surface area contributed by atoms with E-state index in [0.29, 0.717) is 24.6 Å². The highest BCUT2D eigenvalue weighted by Gasteiger charge is 2.68. The summed E-state index contributed by atoms with van der Waals surface area (Å²) in [5, 5.41) is 0. The van der Waals surface area contributed by atoms with Crippen molar-refractivity contribution in [2.75, 3.05) is 6.61 Å². The molecule has 21 heavy (non-hydrogen) atoms. The van der Waals surface area contributed by atoms with E-state index in [-0.39, 0.29) is 47.4 Å². The summed E-state index contributed by atoms with van der Waals surface area (Å²) in [6.07, 6.45) is 5.93. The maximum atomic E-state index is 12.5. The third-order valence-electron chi connectivity index (χ3n) is 5.99. The number of carbonyl (C=O) groups excluding carboxylic acids is 3. The highest BCUT2D eigenvalue weighted by molar-refractivity contribution is 5.99. The molecule has 4 aliphatic rings. The molecule has 4 nitrogen and oxygen atoms in total. The summed E-state index contributed by atoms with van der Waals surface area (Å²) in [4.78, 5) is 36.6. The first-order chi connectivity index (χ1) is 10.1. The Kier molecular flexibility index (Phi) is 2.85. The quantitative estimate of drug-likeness (QED) is 0.449. The van der Waals surface area contributed by atoms with Crippen LogP contribution in [0.1, 0.15) is 26.2 Å². The first-order valence-corrected chi connectivity index (χ1v) is 8.05. The van der Waals surface area contributed by atoms with Gasteiger partial charge in [-0.15, -0.1) is 0 Å². The second-order valence-corrected chi connectivity index (χ2v) is 6.95. The molecule has 0 aromatic heterocycles. The molecule has 112 valence electrons. The molecule has 3 fully saturated rings. The third kappa shape index (κ3) is 1.65. The van der Waals surface area contributed by atoms with Crippen molar-refractivity contribution in [1.29, 1.82) is 0 Å².